The van der Waals surface area contributed by atoms with Crippen molar-refractivity contribution in [2.45, 2.75) is 26.2 Å². The third kappa shape index (κ3) is 1.97. The maximum atomic E-state index is 11.7. The number of carbonyl (C=O) groups is 2. The third-order valence-electron chi connectivity index (χ3n) is 3.44. The molecule has 0 aromatic heterocycles. The van der Waals surface area contributed by atoms with Gasteiger partial charge in [0.2, 0.25) is 0 Å². The molecule has 3 heteroatoms. The smallest absolute Gasteiger partial charge is 0.321 e. The number of rotatable bonds is 2. The maximum Gasteiger partial charge on any atom is 0.321 e. The molecule has 2 fully saturated rings. The predicted octanol–water partition coefficient (Wildman–Crippen LogP) is 2.54. The molecule has 0 amide bonds. The van der Waals surface area contributed by atoms with Gasteiger partial charge in [-0.05, 0) is 37.3 Å². The Morgan fingerprint density at radius 3 is 2.82 bits per heavy atom. The van der Waals surface area contributed by atoms with Crippen LogP contribution in [-0.2, 0) is 14.3 Å². The molecule has 0 bridgehead atoms. The number of allylic oxidation sites excluding steroid dienone is 4. The van der Waals surface area contributed by atoms with Crippen LogP contribution in [0, 0.1) is 11.8 Å². The van der Waals surface area contributed by atoms with Crippen molar-refractivity contribution < 1.29 is 14.3 Å². The lowest BCUT2D eigenvalue weighted by Crippen LogP contribution is -2.25. The zero-order valence-electron chi connectivity index (χ0n) is 9.94. The van der Waals surface area contributed by atoms with Gasteiger partial charge in [0.05, 0.1) is 11.8 Å². The maximum absolute atomic E-state index is 11.7. The van der Waals surface area contributed by atoms with E-state index in [2.05, 4.69) is 6.58 Å². The number of carbonyl (C=O) groups excluding carboxylic acids is 2. The van der Waals surface area contributed by atoms with Gasteiger partial charge in [-0.3, -0.25) is 9.59 Å². The molecule has 2 atom stereocenters. The van der Waals surface area contributed by atoms with Gasteiger partial charge in [0.15, 0.2) is 0 Å². The molecule has 1 saturated carbocycles. The Bertz CT molecular complexity index is 429. The molecule has 0 spiro atoms. The molecule has 0 aromatic rings. The zero-order valence-corrected chi connectivity index (χ0v) is 9.94. The van der Waals surface area contributed by atoms with Crippen molar-refractivity contribution in [3.63, 3.8) is 0 Å². The summed E-state index contributed by atoms with van der Waals surface area (Å²) in [5, 5.41) is 0. The van der Waals surface area contributed by atoms with Gasteiger partial charge in [-0.25, -0.2) is 0 Å². The number of cyclic esters (lactones) is 2. The highest BCUT2D eigenvalue weighted by Gasteiger charge is 2.48. The molecular formula is C14H16O3. The summed E-state index contributed by atoms with van der Waals surface area (Å²) in [4.78, 5) is 23.2. The van der Waals surface area contributed by atoms with E-state index in [4.69, 9.17) is 4.74 Å². The molecular weight excluding hydrogens is 216 g/mol. The van der Waals surface area contributed by atoms with Crippen LogP contribution in [0.1, 0.15) is 26.2 Å². The Balaban J connectivity index is 2.38. The minimum Gasteiger partial charge on any atom is -0.392 e. The second-order valence-electron chi connectivity index (χ2n) is 4.36. The van der Waals surface area contributed by atoms with E-state index < -0.39 is 5.97 Å². The monoisotopic (exact) mass is 232 g/mol. The van der Waals surface area contributed by atoms with Crippen LogP contribution in [0.15, 0.2) is 36.0 Å². The first-order chi connectivity index (χ1) is 8.19. The Kier molecular flexibility index (Phi) is 3.27. The van der Waals surface area contributed by atoms with E-state index in [0.717, 1.165) is 17.6 Å². The van der Waals surface area contributed by atoms with Crippen LogP contribution >= 0.6 is 0 Å². The molecule has 1 saturated heterocycles. The van der Waals surface area contributed by atoms with Crippen molar-refractivity contribution in [2.24, 2.45) is 11.8 Å². The van der Waals surface area contributed by atoms with Crippen molar-refractivity contribution in [3.05, 3.63) is 36.0 Å². The first-order valence-electron chi connectivity index (χ1n) is 5.91. The van der Waals surface area contributed by atoms with Crippen molar-refractivity contribution in [3.8, 4) is 0 Å². The number of hydrogen-bond acceptors (Lipinski definition) is 3. The lowest BCUT2D eigenvalue weighted by molar-refractivity contribution is -0.153. The number of hydrogen-bond donors (Lipinski definition) is 0. The van der Waals surface area contributed by atoms with Crippen molar-refractivity contribution in [1.29, 1.82) is 0 Å². The number of ether oxygens (including phenoxy) is 1. The largest absolute Gasteiger partial charge is 0.392 e. The second kappa shape index (κ2) is 4.70. The van der Waals surface area contributed by atoms with Crippen LogP contribution in [0.4, 0.5) is 0 Å². The molecule has 1 heterocycles. The molecule has 90 valence electrons. The highest BCUT2D eigenvalue weighted by atomic mass is 16.6. The minimum absolute atomic E-state index is 0.276. The van der Waals surface area contributed by atoms with E-state index in [1.807, 2.05) is 19.1 Å². The first kappa shape index (κ1) is 11.8. The van der Waals surface area contributed by atoms with Crippen LogP contribution in [-0.4, -0.2) is 11.9 Å². The summed E-state index contributed by atoms with van der Waals surface area (Å²) in [5.41, 5.74) is 2.11. The van der Waals surface area contributed by atoms with E-state index in [9.17, 15) is 9.59 Å². The van der Waals surface area contributed by atoms with E-state index >= 15 is 0 Å². The van der Waals surface area contributed by atoms with E-state index in [1.54, 1.807) is 6.08 Å². The average Bonchev–Trinajstić information content (AvgIpc) is 2.62. The lowest BCUT2D eigenvalue weighted by Gasteiger charge is -2.25. The van der Waals surface area contributed by atoms with Crippen LogP contribution in [0.5, 0.6) is 0 Å². The predicted molar refractivity (Wildman–Crippen MR) is 64.0 cm³/mol. The standard InChI is InChI=1S/C14H16O3/c1-3-5-6-10-9(4-2)7-8-11-12(10)14(16)17-13(11)15/h3-4,6,11-12H,1,5,7-8H2,2H3/b9-4-,10-6+. The highest BCUT2D eigenvalue weighted by Crippen LogP contribution is 2.43. The molecule has 2 aliphatic rings. The van der Waals surface area contributed by atoms with Crippen LogP contribution < -0.4 is 0 Å². The van der Waals surface area contributed by atoms with Gasteiger partial charge in [0.1, 0.15) is 0 Å². The van der Waals surface area contributed by atoms with Gasteiger partial charge < -0.3 is 4.74 Å². The van der Waals surface area contributed by atoms with Crippen LogP contribution in [0.2, 0.25) is 0 Å². The summed E-state index contributed by atoms with van der Waals surface area (Å²) in [6.07, 6.45) is 8.03. The quantitative estimate of drug-likeness (QED) is 0.417. The minimum atomic E-state index is -0.394. The molecule has 0 radical (unpaired) electrons. The molecule has 2 unspecified atom stereocenters. The highest BCUT2D eigenvalue weighted by molar-refractivity contribution is 5.99. The summed E-state index contributed by atoms with van der Waals surface area (Å²) in [5.74, 6) is -1.42. The van der Waals surface area contributed by atoms with Gasteiger partial charge in [-0.1, -0.05) is 18.2 Å². The number of fused-ring (bicyclic) bond motifs is 1. The van der Waals surface area contributed by atoms with Gasteiger partial charge >= 0.3 is 11.9 Å². The summed E-state index contributed by atoms with van der Waals surface area (Å²) in [6, 6.07) is 0. The molecule has 1 aliphatic heterocycles. The van der Waals surface area contributed by atoms with Crippen LogP contribution in [0.25, 0.3) is 0 Å². The summed E-state index contributed by atoms with van der Waals surface area (Å²) >= 11 is 0. The van der Waals surface area contributed by atoms with Crippen LogP contribution in [0.3, 0.4) is 0 Å². The van der Waals surface area contributed by atoms with Crippen molar-refractivity contribution in [1.82, 2.24) is 0 Å². The van der Waals surface area contributed by atoms with E-state index in [-0.39, 0.29) is 17.8 Å². The molecule has 17 heavy (non-hydrogen) atoms. The fraction of sp³-hybridized carbons (Fsp3) is 0.429. The third-order valence-corrected chi connectivity index (χ3v) is 3.44. The van der Waals surface area contributed by atoms with Crippen molar-refractivity contribution in [2.75, 3.05) is 0 Å². The van der Waals surface area contributed by atoms with Crippen molar-refractivity contribution >= 4 is 11.9 Å². The van der Waals surface area contributed by atoms with E-state index in [0.29, 0.717) is 12.8 Å². The van der Waals surface area contributed by atoms with E-state index in [1.165, 1.54) is 0 Å². The lowest BCUT2D eigenvalue weighted by atomic mass is 9.74. The Morgan fingerprint density at radius 1 is 1.41 bits per heavy atom. The fourth-order valence-corrected chi connectivity index (χ4v) is 2.60. The zero-order chi connectivity index (χ0) is 12.4. The Morgan fingerprint density at radius 2 is 2.18 bits per heavy atom. The molecule has 0 N–H and O–H groups in total. The average molecular weight is 232 g/mol. The second-order valence-corrected chi connectivity index (χ2v) is 4.36. The van der Waals surface area contributed by atoms with Gasteiger partial charge in [0, 0.05) is 0 Å². The topological polar surface area (TPSA) is 43.4 Å². The molecule has 2 rings (SSSR count). The Hall–Kier alpha value is -1.64. The normalized spacial score (nSPS) is 32.8. The SMILES string of the molecule is C=CC/C=C1\C(=C/C)CCC2C(=O)OC(=O)C12. The fourth-order valence-electron chi connectivity index (χ4n) is 2.60. The molecule has 0 aromatic carbocycles. The summed E-state index contributed by atoms with van der Waals surface area (Å²) in [7, 11) is 0. The molecule has 1 aliphatic carbocycles. The first-order valence-corrected chi connectivity index (χ1v) is 5.91. The summed E-state index contributed by atoms with van der Waals surface area (Å²) < 4.78 is 4.74. The molecule has 3 nitrogen and oxygen atoms in total. The van der Waals surface area contributed by atoms with Gasteiger partial charge in [-0.15, -0.1) is 6.58 Å². The van der Waals surface area contributed by atoms with Gasteiger partial charge in [-0.2, -0.15) is 0 Å². The van der Waals surface area contributed by atoms with Gasteiger partial charge in [0.25, 0.3) is 0 Å². The Labute approximate surface area is 101 Å². The summed E-state index contributed by atoms with van der Waals surface area (Å²) in [6.45, 7) is 5.63. The number of esters is 2.